The second-order valence-electron chi connectivity index (χ2n) is 5.57. The number of benzene rings is 2. The van der Waals surface area contributed by atoms with Crippen molar-refractivity contribution < 1.29 is 14.6 Å². The molecule has 0 fully saturated rings. The van der Waals surface area contributed by atoms with Gasteiger partial charge in [-0.3, -0.25) is 0 Å². The maximum absolute atomic E-state index is 11.9. The van der Waals surface area contributed by atoms with Crippen LogP contribution in [0.4, 0.5) is 10.5 Å². The van der Waals surface area contributed by atoms with E-state index in [-0.39, 0.29) is 6.03 Å². The van der Waals surface area contributed by atoms with Gasteiger partial charge in [0.1, 0.15) is 0 Å². The van der Waals surface area contributed by atoms with Crippen molar-refractivity contribution in [3.05, 3.63) is 65.2 Å². The first-order valence-corrected chi connectivity index (χ1v) is 7.70. The molecule has 0 aliphatic carbocycles. The SMILES string of the molecule is O=C(NCCC(O)c1ccccc1)Nc1ccc2c(c1)COC2. The van der Waals surface area contributed by atoms with Gasteiger partial charge in [0.05, 0.1) is 19.3 Å². The van der Waals surface area contributed by atoms with Crippen LogP contribution >= 0.6 is 0 Å². The van der Waals surface area contributed by atoms with Gasteiger partial charge in [-0.1, -0.05) is 36.4 Å². The summed E-state index contributed by atoms with van der Waals surface area (Å²) in [7, 11) is 0. The zero-order chi connectivity index (χ0) is 16.1. The topological polar surface area (TPSA) is 70.6 Å². The molecule has 23 heavy (non-hydrogen) atoms. The van der Waals surface area contributed by atoms with E-state index in [1.54, 1.807) is 0 Å². The fourth-order valence-electron chi connectivity index (χ4n) is 2.59. The first kappa shape index (κ1) is 15.5. The molecular weight excluding hydrogens is 292 g/mol. The van der Waals surface area contributed by atoms with Crippen LogP contribution in [0, 0.1) is 0 Å². The average molecular weight is 312 g/mol. The summed E-state index contributed by atoms with van der Waals surface area (Å²) in [6.07, 6.45) is -0.108. The minimum Gasteiger partial charge on any atom is -0.388 e. The van der Waals surface area contributed by atoms with Gasteiger partial charge in [-0.05, 0) is 35.2 Å². The highest BCUT2D eigenvalue weighted by molar-refractivity contribution is 5.89. The Kier molecular flexibility index (Phi) is 4.90. The molecule has 0 saturated carbocycles. The number of amides is 2. The molecular formula is C18H20N2O3. The molecule has 1 aliphatic rings. The van der Waals surface area contributed by atoms with Crippen molar-refractivity contribution in [2.45, 2.75) is 25.7 Å². The van der Waals surface area contributed by atoms with Crippen LogP contribution in [0.1, 0.15) is 29.2 Å². The van der Waals surface area contributed by atoms with Gasteiger partial charge < -0.3 is 20.5 Å². The number of carbonyl (C=O) groups is 1. The van der Waals surface area contributed by atoms with E-state index in [4.69, 9.17) is 4.74 Å². The number of carbonyl (C=O) groups excluding carboxylic acids is 1. The van der Waals surface area contributed by atoms with E-state index >= 15 is 0 Å². The van der Waals surface area contributed by atoms with Crippen molar-refractivity contribution in [2.24, 2.45) is 0 Å². The Labute approximate surface area is 135 Å². The lowest BCUT2D eigenvalue weighted by molar-refractivity contribution is 0.134. The van der Waals surface area contributed by atoms with Crippen molar-refractivity contribution in [1.29, 1.82) is 0 Å². The van der Waals surface area contributed by atoms with Gasteiger partial charge in [0.25, 0.3) is 0 Å². The monoisotopic (exact) mass is 312 g/mol. The Morgan fingerprint density at radius 3 is 2.74 bits per heavy atom. The van der Waals surface area contributed by atoms with Crippen LogP contribution in [0.3, 0.4) is 0 Å². The molecule has 2 aromatic carbocycles. The molecule has 2 amide bonds. The zero-order valence-corrected chi connectivity index (χ0v) is 12.8. The van der Waals surface area contributed by atoms with E-state index in [2.05, 4.69) is 10.6 Å². The lowest BCUT2D eigenvalue weighted by atomic mass is 10.1. The first-order valence-electron chi connectivity index (χ1n) is 7.70. The third-order valence-corrected chi connectivity index (χ3v) is 3.87. The Hall–Kier alpha value is -2.37. The van der Waals surface area contributed by atoms with Gasteiger partial charge >= 0.3 is 6.03 Å². The average Bonchev–Trinajstić information content (AvgIpc) is 3.03. The summed E-state index contributed by atoms with van der Waals surface area (Å²) in [5, 5.41) is 15.6. The number of nitrogens with one attached hydrogen (secondary N) is 2. The molecule has 2 aromatic rings. The lowest BCUT2D eigenvalue weighted by Crippen LogP contribution is -2.30. The smallest absolute Gasteiger partial charge is 0.319 e. The van der Waals surface area contributed by atoms with Crippen LogP contribution < -0.4 is 10.6 Å². The van der Waals surface area contributed by atoms with Crippen molar-refractivity contribution >= 4 is 11.7 Å². The number of hydrogen-bond acceptors (Lipinski definition) is 3. The summed E-state index contributed by atoms with van der Waals surface area (Å²) < 4.78 is 5.35. The molecule has 0 saturated heterocycles. The molecule has 0 spiro atoms. The molecule has 1 heterocycles. The first-order chi connectivity index (χ1) is 11.2. The second-order valence-corrected chi connectivity index (χ2v) is 5.57. The molecule has 1 unspecified atom stereocenters. The van der Waals surface area contributed by atoms with Crippen molar-refractivity contribution in [1.82, 2.24) is 5.32 Å². The van der Waals surface area contributed by atoms with Crippen LogP contribution in [0.25, 0.3) is 0 Å². The molecule has 5 heteroatoms. The van der Waals surface area contributed by atoms with Crippen LogP contribution in [0.15, 0.2) is 48.5 Å². The normalized spacial score (nSPS) is 14.1. The fourth-order valence-corrected chi connectivity index (χ4v) is 2.59. The van der Waals surface area contributed by atoms with Gasteiger partial charge in [0, 0.05) is 12.2 Å². The molecule has 0 aromatic heterocycles. The van der Waals surface area contributed by atoms with E-state index < -0.39 is 6.10 Å². The highest BCUT2D eigenvalue weighted by Gasteiger charge is 2.12. The number of fused-ring (bicyclic) bond motifs is 1. The van der Waals surface area contributed by atoms with Gasteiger partial charge in [0.15, 0.2) is 0 Å². The predicted octanol–water partition coefficient (Wildman–Crippen LogP) is 2.96. The van der Waals surface area contributed by atoms with Crippen LogP contribution in [-0.4, -0.2) is 17.7 Å². The number of rotatable bonds is 5. The Morgan fingerprint density at radius 2 is 1.91 bits per heavy atom. The maximum Gasteiger partial charge on any atom is 0.319 e. The maximum atomic E-state index is 11.9. The minimum absolute atomic E-state index is 0.274. The standard InChI is InChI=1S/C18H20N2O3/c21-17(13-4-2-1-3-5-13)8-9-19-18(22)20-16-7-6-14-11-23-12-15(14)10-16/h1-7,10,17,21H,8-9,11-12H2,(H2,19,20,22). The molecule has 0 radical (unpaired) electrons. The second kappa shape index (κ2) is 7.26. The number of aliphatic hydroxyl groups is 1. The molecule has 1 atom stereocenters. The number of urea groups is 1. The highest BCUT2D eigenvalue weighted by atomic mass is 16.5. The largest absolute Gasteiger partial charge is 0.388 e. The zero-order valence-electron chi connectivity index (χ0n) is 12.8. The number of aliphatic hydroxyl groups excluding tert-OH is 1. The number of anilines is 1. The van der Waals surface area contributed by atoms with Crippen LogP contribution in [0.5, 0.6) is 0 Å². The van der Waals surface area contributed by atoms with E-state index in [9.17, 15) is 9.90 Å². The molecule has 120 valence electrons. The summed E-state index contributed by atoms with van der Waals surface area (Å²) in [4.78, 5) is 11.9. The Morgan fingerprint density at radius 1 is 1.13 bits per heavy atom. The van der Waals surface area contributed by atoms with Crippen molar-refractivity contribution in [3.63, 3.8) is 0 Å². The summed E-state index contributed by atoms with van der Waals surface area (Å²) in [5.41, 5.74) is 3.88. The highest BCUT2D eigenvalue weighted by Crippen LogP contribution is 2.23. The van der Waals surface area contributed by atoms with Gasteiger partial charge in [-0.25, -0.2) is 4.79 Å². The summed E-state index contributed by atoms with van der Waals surface area (Å²) in [6, 6.07) is 14.9. The summed E-state index contributed by atoms with van der Waals surface area (Å²) in [5.74, 6) is 0. The van der Waals surface area contributed by atoms with Crippen molar-refractivity contribution in [2.75, 3.05) is 11.9 Å². The number of hydrogen-bond donors (Lipinski definition) is 3. The number of ether oxygens (including phenoxy) is 1. The van der Waals surface area contributed by atoms with Gasteiger partial charge in [-0.15, -0.1) is 0 Å². The third-order valence-electron chi connectivity index (χ3n) is 3.87. The van der Waals surface area contributed by atoms with E-state index in [1.165, 1.54) is 5.56 Å². The predicted molar refractivity (Wildman–Crippen MR) is 88.0 cm³/mol. The lowest BCUT2D eigenvalue weighted by Gasteiger charge is -2.12. The quantitative estimate of drug-likeness (QED) is 0.795. The molecule has 5 nitrogen and oxygen atoms in total. The van der Waals surface area contributed by atoms with Crippen LogP contribution in [-0.2, 0) is 18.0 Å². The summed E-state index contributed by atoms with van der Waals surface area (Å²) >= 11 is 0. The third kappa shape index (κ3) is 4.09. The minimum atomic E-state index is -0.575. The fraction of sp³-hybridized carbons (Fsp3) is 0.278. The Balaban J connectivity index is 1.45. The Bertz CT molecular complexity index is 673. The van der Waals surface area contributed by atoms with E-state index in [0.717, 1.165) is 16.8 Å². The van der Waals surface area contributed by atoms with Gasteiger partial charge in [-0.2, -0.15) is 0 Å². The van der Waals surface area contributed by atoms with Gasteiger partial charge in [0.2, 0.25) is 0 Å². The van der Waals surface area contributed by atoms with E-state index in [1.807, 2.05) is 48.5 Å². The van der Waals surface area contributed by atoms with E-state index in [0.29, 0.717) is 26.2 Å². The van der Waals surface area contributed by atoms with Crippen LogP contribution in [0.2, 0.25) is 0 Å². The molecule has 1 aliphatic heterocycles. The molecule has 3 N–H and O–H groups in total. The van der Waals surface area contributed by atoms with Crippen molar-refractivity contribution in [3.8, 4) is 0 Å². The molecule has 0 bridgehead atoms. The molecule has 3 rings (SSSR count). The summed E-state index contributed by atoms with van der Waals surface area (Å²) in [6.45, 7) is 1.63.